The molecule has 2 rings (SSSR count). The molecular weight excluding hydrogens is 259 g/mol. The Hall–Kier alpha value is -2.39. The second kappa shape index (κ2) is 5.31. The van der Waals surface area contributed by atoms with Gasteiger partial charge in [0.25, 0.3) is 0 Å². The molecule has 104 valence electrons. The molecule has 0 aliphatic rings. The Bertz CT molecular complexity index is 657. The summed E-state index contributed by atoms with van der Waals surface area (Å²) in [4.78, 5) is 0. The zero-order chi connectivity index (χ0) is 14.8. The Morgan fingerprint density at radius 2 is 2.30 bits per heavy atom. The number of rotatable bonds is 4. The minimum Gasteiger partial charge on any atom is -0.383 e. The third-order valence-corrected chi connectivity index (χ3v) is 3.08. The average Bonchev–Trinajstić information content (AvgIpc) is 2.84. The van der Waals surface area contributed by atoms with Gasteiger partial charge in [-0.1, -0.05) is 6.07 Å². The Kier molecular flexibility index (Phi) is 3.72. The molecule has 0 bridgehead atoms. The SMILES string of the molecule is Cn1cc(C(C)(O)CNc2cccc(F)c2C#N)cn1. The number of hydrogen-bond acceptors (Lipinski definition) is 4. The van der Waals surface area contributed by atoms with E-state index in [1.807, 2.05) is 6.07 Å². The topological polar surface area (TPSA) is 73.9 Å². The molecule has 6 heteroatoms. The minimum absolute atomic E-state index is 0.0607. The van der Waals surface area contributed by atoms with Crippen molar-refractivity contribution in [3.05, 3.63) is 47.5 Å². The molecule has 20 heavy (non-hydrogen) atoms. The van der Waals surface area contributed by atoms with E-state index in [0.29, 0.717) is 11.3 Å². The van der Waals surface area contributed by atoms with E-state index >= 15 is 0 Å². The molecule has 0 radical (unpaired) electrons. The van der Waals surface area contributed by atoms with Crippen molar-refractivity contribution in [1.82, 2.24) is 9.78 Å². The van der Waals surface area contributed by atoms with E-state index in [2.05, 4.69) is 10.4 Å². The molecule has 0 saturated heterocycles. The number of hydrogen-bond donors (Lipinski definition) is 2. The van der Waals surface area contributed by atoms with E-state index in [0.717, 1.165) is 0 Å². The third kappa shape index (κ3) is 2.78. The quantitative estimate of drug-likeness (QED) is 0.890. The molecule has 0 amide bonds. The second-order valence-corrected chi connectivity index (χ2v) is 4.80. The smallest absolute Gasteiger partial charge is 0.143 e. The van der Waals surface area contributed by atoms with Crippen molar-refractivity contribution in [2.45, 2.75) is 12.5 Å². The maximum Gasteiger partial charge on any atom is 0.143 e. The normalized spacial score (nSPS) is 13.6. The highest BCUT2D eigenvalue weighted by Crippen LogP contribution is 2.23. The molecule has 1 heterocycles. The first-order valence-corrected chi connectivity index (χ1v) is 6.08. The highest BCUT2D eigenvalue weighted by Gasteiger charge is 2.25. The monoisotopic (exact) mass is 274 g/mol. The van der Waals surface area contributed by atoms with Gasteiger partial charge in [-0.05, 0) is 19.1 Å². The molecule has 1 aromatic heterocycles. The third-order valence-electron chi connectivity index (χ3n) is 3.08. The van der Waals surface area contributed by atoms with Crippen LogP contribution in [-0.2, 0) is 12.6 Å². The number of aryl methyl sites for hydroxylation is 1. The lowest BCUT2D eigenvalue weighted by molar-refractivity contribution is 0.0714. The number of benzene rings is 1. The van der Waals surface area contributed by atoms with Crippen LogP contribution in [0.25, 0.3) is 0 Å². The predicted octanol–water partition coefficient (Wildman–Crippen LogP) is 1.75. The summed E-state index contributed by atoms with van der Waals surface area (Å²) in [6, 6.07) is 6.14. The largest absolute Gasteiger partial charge is 0.383 e. The molecule has 0 saturated carbocycles. The maximum atomic E-state index is 13.5. The van der Waals surface area contributed by atoms with E-state index in [9.17, 15) is 9.50 Å². The first kappa shape index (κ1) is 14.0. The van der Waals surface area contributed by atoms with Gasteiger partial charge in [0.2, 0.25) is 0 Å². The van der Waals surface area contributed by atoms with Gasteiger partial charge in [-0.3, -0.25) is 4.68 Å². The molecule has 1 unspecified atom stereocenters. The Morgan fingerprint density at radius 1 is 1.55 bits per heavy atom. The van der Waals surface area contributed by atoms with Gasteiger partial charge in [-0.15, -0.1) is 0 Å². The first-order valence-electron chi connectivity index (χ1n) is 6.08. The number of aliphatic hydroxyl groups is 1. The molecular formula is C14H15FN4O. The summed E-state index contributed by atoms with van der Waals surface area (Å²) >= 11 is 0. The molecule has 0 aliphatic carbocycles. The van der Waals surface area contributed by atoms with Gasteiger partial charge in [-0.25, -0.2) is 4.39 Å². The zero-order valence-electron chi connectivity index (χ0n) is 11.3. The van der Waals surface area contributed by atoms with Crippen molar-refractivity contribution < 1.29 is 9.50 Å². The summed E-state index contributed by atoms with van der Waals surface area (Å²) < 4.78 is 15.0. The zero-order valence-corrected chi connectivity index (χ0v) is 11.3. The highest BCUT2D eigenvalue weighted by atomic mass is 19.1. The van der Waals surface area contributed by atoms with Crippen LogP contribution in [0, 0.1) is 17.1 Å². The molecule has 2 N–H and O–H groups in total. The number of anilines is 1. The van der Waals surface area contributed by atoms with Crippen molar-refractivity contribution in [1.29, 1.82) is 5.26 Å². The maximum absolute atomic E-state index is 13.5. The summed E-state index contributed by atoms with van der Waals surface area (Å²) in [5.41, 5.74) is -0.235. The van der Waals surface area contributed by atoms with Crippen LogP contribution in [0.2, 0.25) is 0 Å². The van der Waals surface area contributed by atoms with Gasteiger partial charge >= 0.3 is 0 Å². The predicted molar refractivity (Wildman–Crippen MR) is 72.4 cm³/mol. The summed E-state index contributed by atoms with van der Waals surface area (Å²) in [5.74, 6) is -0.585. The number of halogens is 1. The second-order valence-electron chi connectivity index (χ2n) is 4.80. The van der Waals surface area contributed by atoms with Crippen molar-refractivity contribution >= 4 is 5.69 Å². The Labute approximate surface area is 116 Å². The van der Waals surface area contributed by atoms with Crippen molar-refractivity contribution in [3.63, 3.8) is 0 Å². The van der Waals surface area contributed by atoms with E-state index in [4.69, 9.17) is 5.26 Å². The summed E-state index contributed by atoms with van der Waals surface area (Å²) in [6.45, 7) is 1.76. The molecule has 5 nitrogen and oxygen atoms in total. The molecule has 0 spiro atoms. The first-order chi connectivity index (χ1) is 9.44. The van der Waals surface area contributed by atoms with E-state index in [1.54, 1.807) is 37.1 Å². The van der Waals surface area contributed by atoms with Crippen LogP contribution in [-0.4, -0.2) is 21.4 Å². The Balaban J connectivity index is 2.17. The number of nitriles is 1. The minimum atomic E-state index is -1.17. The van der Waals surface area contributed by atoms with Gasteiger partial charge in [-0.2, -0.15) is 10.4 Å². The summed E-state index contributed by atoms with van der Waals surface area (Å²) in [6.07, 6.45) is 3.27. The number of aromatic nitrogens is 2. The fourth-order valence-electron chi connectivity index (χ4n) is 1.85. The van der Waals surface area contributed by atoms with Gasteiger partial charge in [0.15, 0.2) is 0 Å². The lowest BCUT2D eigenvalue weighted by Crippen LogP contribution is -2.30. The van der Waals surface area contributed by atoms with Crippen LogP contribution >= 0.6 is 0 Å². The fraction of sp³-hybridized carbons (Fsp3) is 0.286. The summed E-state index contributed by atoms with van der Waals surface area (Å²) in [5, 5.41) is 26.2. The molecule has 0 fully saturated rings. The molecule has 1 atom stereocenters. The van der Waals surface area contributed by atoms with Gasteiger partial charge in [0.05, 0.1) is 11.9 Å². The van der Waals surface area contributed by atoms with Crippen LogP contribution in [0.3, 0.4) is 0 Å². The van der Waals surface area contributed by atoms with E-state index in [1.165, 1.54) is 12.1 Å². The lowest BCUT2D eigenvalue weighted by atomic mass is 9.99. The van der Waals surface area contributed by atoms with Crippen LogP contribution in [0.5, 0.6) is 0 Å². The molecule has 0 aliphatic heterocycles. The standard InChI is InChI=1S/C14H15FN4O/c1-14(20,10-7-18-19(2)8-10)9-17-13-5-3-4-12(15)11(13)6-16/h3-5,7-8,17,20H,9H2,1-2H3. The summed E-state index contributed by atoms with van der Waals surface area (Å²) in [7, 11) is 1.76. The van der Waals surface area contributed by atoms with E-state index in [-0.39, 0.29) is 12.1 Å². The number of nitrogens with zero attached hydrogens (tertiary/aromatic N) is 3. The van der Waals surface area contributed by atoms with Gasteiger partial charge < -0.3 is 10.4 Å². The fourth-order valence-corrected chi connectivity index (χ4v) is 1.85. The van der Waals surface area contributed by atoms with Crippen molar-refractivity contribution in [2.24, 2.45) is 7.05 Å². The lowest BCUT2D eigenvalue weighted by Gasteiger charge is -2.23. The number of nitrogens with one attached hydrogen (secondary N) is 1. The molecule has 2 aromatic rings. The van der Waals surface area contributed by atoms with Crippen molar-refractivity contribution in [3.8, 4) is 6.07 Å². The highest BCUT2D eigenvalue weighted by molar-refractivity contribution is 5.58. The van der Waals surface area contributed by atoms with Crippen LogP contribution in [0.15, 0.2) is 30.6 Å². The van der Waals surface area contributed by atoms with Crippen LogP contribution < -0.4 is 5.32 Å². The van der Waals surface area contributed by atoms with Gasteiger partial charge in [0.1, 0.15) is 23.1 Å². The van der Waals surface area contributed by atoms with E-state index < -0.39 is 11.4 Å². The molecule has 1 aromatic carbocycles. The Morgan fingerprint density at radius 3 is 2.90 bits per heavy atom. The average molecular weight is 274 g/mol. The van der Waals surface area contributed by atoms with Crippen LogP contribution in [0.1, 0.15) is 18.1 Å². The van der Waals surface area contributed by atoms with Crippen LogP contribution in [0.4, 0.5) is 10.1 Å². The van der Waals surface area contributed by atoms with Crippen molar-refractivity contribution in [2.75, 3.05) is 11.9 Å². The van der Waals surface area contributed by atoms with Gasteiger partial charge in [0, 0.05) is 25.4 Å².